The number of ketones is 2. The molecular formula is C45H73N3O10. The number of aliphatic hydroxyl groups is 4. The molecule has 0 saturated carbocycles. The van der Waals surface area contributed by atoms with Crippen LogP contribution in [0.25, 0.3) is 10.4 Å². The lowest BCUT2D eigenvalue weighted by Crippen LogP contribution is -2.62. The molecule has 0 aromatic carbocycles. The van der Waals surface area contributed by atoms with Crippen LogP contribution in [0.15, 0.2) is 41.6 Å². The fourth-order valence-electron chi connectivity index (χ4n) is 9.15. The van der Waals surface area contributed by atoms with Crippen LogP contribution < -0.4 is 0 Å². The standard InChI is InChI=1S/C45H73N3O10/c1-12-34-17-15-13-14-16-27(4)42(53)44(11,55)43(54)32(9)40(52)31(8)39(51)30(7)38(50)26(3)18-21-37(49)56-41-29(6)35(20-19-34)57-45(33(41)10)23-22-25(2)36(58-45)24-28(5)47-48-46/h13-15,17-18,21,25-36,38,40-42,50,52-53,55H,12,16,19-20,22-24H2,1-11H3/b14-13+,17-15+,21-18+/t25-,26-,27+,28-,29+,30-,31-,32-,33-,34-,35-,36-,38+,40+,41+,42-,44+,45-/m0/s1. The Morgan fingerprint density at radius 2 is 1.55 bits per heavy atom. The topological polar surface area (TPSA) is 209 Å². The number of Topliss-reactive ketones (excluding diaryl/α,β-unsaturated/α-hetero) is 2. The quantitative estimate of drug-likeness (QED) is 0.0971. The molecule has 4 N–H and O–H groups in total. The molecule has 2 saturated heterocycles. The summed E-state index contributed by atoms with van der Waals surface area (Å²) in [5, 5.41) is 48.7. The highest BCUT2D eigenvalue weighted by Crippen LogP contribution is 2.49. The molecule has 2 bridgehead atoms. The molecule has 13 nitrogen and oxygen atoms in total. The number of aliphatic hydroxyl groups excluding tert-OH is 3. The van der Waals surface area contributed by atoms with Crippen LogP contribution in [0.4, 0.5) is 0 Å². The molecule has 1 spiro atoms. The number of nitrogens with zero attached hydrogens (tertiary/aromatic N) is 3. The van der Waals surface area contributed by atoms with E-state index >= 15 is 0 Å². The molecule has 0 unspecified atom stereocenters. The summed E-state index contributed by atoms with van der Waals surface area (Å²) in [5.41, 5.74) is 6.87. The maximum absolute atomic E-state index is 13.6. The van der Waals surface area contributed by atoms with Gasteiger partial charge in [0.05, 0.1) is 30.5 Å². The Morgan fingerprint density at radius 1 is 0.897 bits per heavy atom. The summed E-state index contributed by atoms with van der Waals surface area (Å²) in [4.78, 5) is 43.6. The Bertz CT molecular complexity index is 1530. The number of carbonyl (C=O) groups excluding carboxylic acids is 3. The summed E-state index contributed by atoms with van der Waals surface area (Å²) in [6.07, 6.45) is 10.0. The predicted octanol–water partition coefficient (Wildman–Crippen LogP) is 7.20. The Balaban J connectivity index is 2.00. The van der Waals surface area contributed by atoms with Crippen molar-refractivity contribution in [3.8, 4) is 0 Å². The maximum atomic E-state index is 13.6. The molecule has 0 aromatic rings. The number of ether oxygens (including phenoxy) is 3. The van der Waals surface area contributed by atoms with Gasteiger partial charge >= 0.3 is 5.97 Å². The summed E-state index contributed by atoms with van der Waals surface area (Å²) >= 11 is 0. The second-order valence-electron chi connectivity index (χ2n) is 18.2. The van der Waals surface area contributed by atoms with E-state index in [-0.39, 0.29) is 41.9 Å². The van der Waals surface area contributed by atoms with Crippen LogP contribution in [-0.4, -0.2) is 92.0 Å². The van der Waals surface area contributed by atoms with Crippen LogP contribution in [0.1, 0.15) is 121 Å². The smallest absolute Gasteiger partial charge is 0.330 e. The first kappa shape index (κ1) is 49.5. The van der Waals surface area contributed by atoms with Gasteiger partial charge in [-0.15, -0.1) is 0 Å². The second kappa shape index (κ2) is 21.6. The van der Waals surface area contributed by atoms with Gasteiger partial charge in [0.1, 0.15) is 17.5 Å². The van der Waals surface area contributed by atoms with Gasteiger partial charge in [0.2, 0.25) is 0 Å². The van der Waals surface area contributed by atoms with Gasteiger partial charge in [-0.25, -0.2) is 4.79 Å². The molecular weight excluding hydrogens is 743 g/mol. The summed E-state index contributed by atoms with van der Waals surface area (Å²) in [6.45, 7) is 19.2. The van der Waals surface area contributed by atoms with Gasteiger partial charge in [0, 0.05) is 59.0 Å². The van der Waals surface area contributed by atoms with Gasteiger partial charge in [0.15, 0.2) is 11.6 Å². The van der Waals surface area contributed by atoms with Crippen molar-refractivity contribution < 1.29 is 49.0 Å². The molecule has 58 heavy (non-hydrogen) atoms. The zero-order valence-electron chi connectivity index (χ0n) is 36.7. The van der Waals surface area contributed by atoms with Crippen molar-refractivity contribution >= 4 is 17.5 Å². The highest BCUT2D eigenvalue weighted by Gasteiger charge is 2.56. The Hall–Kier alpha value is -2.90. The number of allylic oxidation sites excluding steroid dienone is 4. The molecule has 2 fully saturated rings. The number of carbonyl (C=O) groups is 3. The van der Waals surface area contributed by atoms with Crippen molar-refractivity contribution in [3.05, 3.63) is 46.9 Å². The minimum Gasteiger partial charge on any atom is -0.458 e. The third-order valence-electron chi connectivity index (χ3n) is 13.7. The highest BCUT2D eigenvalue weighted by molar-refractivity contribution is 5.91. The normalized spacial score (nSPS) is 45.4. The van der Waals surface area contributed by atoms with E-state index in [0.29, 0.717) is 25.7 Å². The first-order valence-electron chi connectivity index (χ1n) is 21.6. The minimum atomic E-state index is -2.19. The van der Waals surface area contributed by atoms with E-state index in [1.807, 2.05) is 39.0 Å². The van der Waals surface area contributed by atoms with Crippen LogP contribution in [-0.2, 0) is 28.6 Å². The number of rotatable bonds is 4. The molecule has 0 radical (unpaired) electrons. The number of hydrogen-bond donors (Lipinski definition) is 4. The van der Waals surface area contributed by atoms with Crippen molar-refractivity contribution in [1.29, 1.82) is 0 Å². The molecule has 0 amide bonds. The second-order valence-corrected chi connectivity index (χ2v) is 18.2. The molecule has 13 heteroatoms. The van der Waals surface area contributed by atoms with Crippen molar-refractivity contribution in [3.63, 3.8) is 0 Å². The zero-order valence-corrected chi connectivity index (χ0v) is 36.7. The first-order chi connectivity index (χ1) is 27.1. The molecule has 18 atom stereocenters. The van der Waals surface area contributed by atoms with Gasteiger partial charge in [0.25, 0.3) is 0 Å². The van der Waals surface area contributed by atoms with Gasteiger partial charge in [-0.05, 0) is 68.7 Å². The lowest BCUT2D eigenvalue weighted by atomic mass is 9.74. The van der Waals surface area contributed by atoms with Crippen LogP contribution >= 0.6 is 0 Å². The van der Waals surface area contributed by atoms with Gasteiger partial charge in [-0.1, -0.05) is 105 Å². The molecule has 0 aliphatic carbocycles. The van der Waals surface area contributed by atoms with Gasteiger partial charge in [-0.2, -0.15) is 0 Å². The minimum absolute atomic E-state index is 0.186. The fraction of sp³-hybridized carbons (Fsp3) is 0.800. The average Bonchev–Trinajstić information content (AvgIpc) is 3.19. The Kier molecular flexibility index (Phi) is 18.4. The average molecular weight is 816 g/mol. The lowest BCUT2D eigenvalue weighted by Gasteiger charge is -2.55. The first-order valence-corrected chi connectivity index (χ1v) is 21.6. The van der Waals surface area contributed by atoms with Crippen molar-refractivity contribution in [2.45, 2.75) is 175 Å². The number of esters is 1. The lowest BCUT2D eigenvalue weighted by molar-refractivity contribution is -0.370. The summed E-state index contributed by atoms with van der Waals surface area (Å²) in [7, 11) is 0. The monoisotopic (exact) mass is 816 g/mol. The molecule has 0 aromatic heterocycles. The Labute approximate surface area is 346 Å². The number of azide groups is 1. The van der Waals surface area contributed by atoms with Crippen molar-refractivity contribution in [1.82, 2.24) is 0 Å². The zero-order chi connectivity index (χ0) is 43.7. The number of fused-ring (bicyclic) bond motifs is 2. The molecule has 3 aliphatic heterocycles. The molecule has 3 aliphatic rings. The number of hydrogen-bond acceptors (Lipinski definition) is 11. The van der Waals surface area contributed by atoms with E-state index in [1.54, 1.807) is 13.8 Å². The summed E-state index contributed by atoms with van der Waals surface area (Å²) in [6, 6.07) is -0.276. The highest BCUT2D eigenvalue weighted by atomic mass is 16.7. The van der Waals surface area contributed by atoms with Crippen LogP contribution in [0.2, 0.25) is 0 Å². The summed E-state index contributed by atoms with van der Waals surface area (Å²) < 4.78 is 20.1. The molecule has 3 rings (SSSR count). The SMILES string of the molecule is CC[C@H]1/C=C/C=C/C[C@@H](C)[C@H](O)[C@@](C)(O)C(=O)[C@@H](C)[C@H](O)[C@@H](C)C(=O)[C@@H](C)[C@H](O)[C@@H](C)/C=C/C(=O)O[C@@H]2[C@H](C)[C@H](CC1)O[C@]1(CC[C@H](C)[C@H](C[C@H](C)N=[N+]=[N-])O1)[C@H]2C. The van der Waals surface area contributed by atoms with E-state index in [0.717, 1.165) is 19.3 Å². The molecule has 3 heterocycles. The maximum Gasteiger partial charge on any atom is 0.330 e. The van der Waals surface area contributed by atoms with E-state index in [4.69, 9.17) is 19.7 Å². The van der Waals surface area contributed by atoms with E-state index in [1.165, 1.54) is 39.8 Å². The largest absolute Gasteiger partial charge is 0.458 e. The Morgan fingerprint density at radius 3 is 2.19 bits per heavy atom. The van der Waals surface area contributed by atoms with E-state index in [9.17, 15) is 34.8 Å². The molecule has 328 valence electrons. The van der Waals surface area contributed by atoms with Crippen molar-refractivity contribution in [2.75, 3.05) is 0 Å². The van der Waals surface area contributed by atoms with Gasteiger partial charge in [-0.3, -0.25) is 9.59 Å². The third kappa shape index (κ3) is 11.9. The van der Waals surface area contributed by atoms with Crippen LogP contribution in [0, 0.1) is 53.3 Å². The third-order valence-corrected chi connectivity index (χ3v) is 13.7. The van der Waals surface area contributed by atoms with E-state index < -0.39 is 82.9 Å². The van der Waals surface area contributed by atoms with Gasteiger partial charge < -0.3 is 34.6 Å². The van der Waals surface area contributed by atoms with Crippen molar-refractivity contribution in [2.24, 2.45) is 58.4 Å². The van der Waals surface area contributed by atoms with Crippen LogP contribution in [0.5, 0.6) is 0 Å². The van der Waals surface area contributed by atoms with E-state index in [2.05, 4.69) is 29.9 Å². The predicted molar refractivity (Wildman–Crippen MR) is 222 cm³/mol. The van der Waals surface area contributed by atoms with Crippen LogP contribution in [0.3, 0.4) is 0 Å². The fourth-order valence-corrected chi connectivity index (χ4v) is 9.15. The summed E-state index contributed by atoms with van der Waals surface area (Å²) in [5.74, 6) is -7.45.